The number of carboxylic acid groups (broad SMARTS) is 1. The zero-order valence-electron chi connectivity index (χ0n) is 20.9. The number of amides is 1. The second-order valence-corrected chi connectivity index (χ2v) is 9.60. The zero-order chi connectivity index (χ0) is 27.9. The van der Waals surface area contributed by atoms with Crippen molar-refractivity contribution in [1.82, 2.24) is 15.3 Å². The minimum absolute atomic E-state index is 0.0438. The molecule has 3 aromatic rings. The number of hydrogen-bond donors (Lipinski definition) is 3. The normalized spacial score (nSPS) is 17.2. The Labute approximate surface area is 223 Å². The van der Waals surface area contributed by atoms with Gasteiger partial charge >= 0.3 is 12.1 Å². The molecule has 0 bridgehead atoms. The summed E-state index contributed by atoms with van der Waals surface area (Å²) in [6, 6.07) is 15.4. The third kappa shape index (κ3) is 8.20. The lowest BCUT2D eigenvalue weighted by molar-refractivity contribution is -0.192. The van der Waals surface area contributed by atoms with Crippen molar-refractivity contribution in [3.8, 4) is 0 Å². The van der Waals surface area contributed by atoms with Gasteiger partial charge in [0, 0.05) is 42.7 Å². The molecule has 8 nitrogen and oxygen atoms in total. The molecular formula is C26H29ClF3N5O3. The van der Waals surface area contributed by atoms with Crippen molar-refractivity contribution >= 4 is 46.1 Å². The summed E-state index contributed by atoms with van der Waals surface area (Å²) in [5.41, 5.74) is 1.59. The molecule has 0 saturated heterocycles. The number of halogens is 4. The second kappa shape index (κ2) is 12.8. The molecule has 2 aromatic carbocycles. The van der Waals surface area contributed by atoms with Crippen LogP contribution < -0.4 is 15.5 Å². The SMILES string of the molecule is CN(C)c1nc(NC2CCC(CNC(=O)c3ccc(Cl)cc3)CC2)nc2ccccc12.O=C(O)C(F)(F)F. The van der Waals surface area contributed by atoms with Crippen molar-refractivity contribution in [2.75, 3.05) is 30.9 Å². The van der Waals surface area contributed by atoms with Crippen LogP contribution in [0.3, 0.4) is 0 Å². The Morgan fingerprint density at radius 3 is 2.21 bits per heavy atom. The van der Waals surface area contributed by atoms with E-state index in [0.717, 1.165) is 42.4 Å². The molecule has 12 heteroatoms. The van der Waals surface area contributed by atoms with Crippen LogP contribution in [0.25, 0.3) is 10.9 Å². The average molecular weight is 552 g/mol. The summed E-state index contributed by atoms with van der Waals surface area (Å²) in [6.07, 6.45) is -0.886. The van der Waals surface area contributed by atoms with Crippen LogP contribution >= 0.6 is 11.6 Å². The van der Waals surface area contributed by atoms with Crippen molar-refractivity contribution in [2.45, 2.75) is 37.9 Å². The molecule has 1 amide bonds. The number of alkyl halides is 3. The molecule has 3 N–H and O–H groups in total. The van der Waals surface area contributed by atoms with E-state index in [-0.39, 0.29) is 5.91 Å². The van der Waals surface area contributed by atoms with Gasteiger partial charge in [-0.1, -0.05) is 23.7 Å². The molecule has 0 spiro atoms. The number of nitrogens with one attached hydrogen (secondary N) is 2. The predicted octanol–water partition coefficient (Wildman–Crippen LogP) is 5.38. The Morgan fingerprint density at radius 2 is 1.63 bits per heavy atom. The highest BCUT2D eigenvalue weighted by molar-refractivity contribution is 6.30. The van der Waals surface area contributed by atoms with E-state index in [4.69, 9.17) is 31.5 Å². The number of aromatic nitrogens is 2. The minimum atomic E-state index is -5.08. The van der Waals surface area contributed by atoms with Gasteiger partial charge in [-0.25, -0.2) is 9.78 Å². The first-order valence-electron chi connectivity index (χ1n) is 12.0. The maximum absolute atomic E-state index is 12.3. The highest BCUT2D eigenvalue weighted by Crippen LogP contribution is 2.28. The molecule has 0 radical (unpaired) electrons. The highest BCUT2D eigenvalue weighted by Gasteiger charge is 2.38. The van der Waals surface area contributed by atoms with Gasteiger partial charge in [0.05, 0.1) is 5.52 Å². The van der Waals surface area contributed by atoms with Crippen LogP contribution in [-0.4, -0.2) is 59.8 Å². The topological polar surface area (TPSA) is 107 Å². The van der Waals surface area contributed by atoms with E-state index in [0.29, 0.717) is 35.0 Å². The summed E-state index contributed by atoms with van der Waals surface area (Å²) in [5, 5.41) is 15.4. The lowest BCUT2D eigenvalue weighted by atomic mass is 9.86. The molecule has 1 aliphatic carbocycles. The van der Waals surface area contributed by atoms with Crippen LogP contribution in [0.4, 0.5) is 24.9 Å². The predicted molar refractivity (Wildman–Crippen MR) is 141 cm³/mol. The number of rotatable bonds is 6. The van der Waals surface area contributed by atoms with Crippen LogP contribution in [-0.2, 0) is 4.79 Å². The number of carbonyl (C=O) groups is 2. The number of carbonyl (C=O) groups excluding carboxylic acids is 1. The number of aliphatic carboxylic acids is 1. The third-order valence-corrected chi connectivity index (χ3v) is 6.34. The van der Waals surface area contributed by atoms with E-state index >= 15 is 0 Å². The number of benzene rings is 2. The fourth-order valence-electron chi connectivity index (χ4n) is 4.10. The number of fused-ring (bicyclic) bond motifs is 1. The van der Waals surface area contributed by atoms with Crippen LogP contribution in [0.5, 0.6) is 0 Å². The lowest BCUT2D eigenvalue weighted by Crippen LogP contribution is -2.34. The summed E-state index contributed by atoms with van der Waals surface area (Å²) in [6.45, 7) is 0.700. The van der Waals surface area contributed by atoms with Crippen molar-refractivity contribution < 1.29 is 27.9 Å². The summed E-state index contributed by atoms with van der Waals surface area (Å²) in [7, 11) is 4.00. The van der Waals surface area contributed by atoms with Gasteiger partial charge in [0.2, 0.25) is 5.95 Å². The molecule has 0 aliphatic heterocycles. The Hall–Kier alpha value is -3.60. The molecule has 4 rings (SSSR count). The number of carboxylic acids is 1. The van der Waals surface area contributed by atoms with Gasteiger partial charge in [0.1, 0.15) is 5.82 Å². The van der Waals surface area contributed by atoms with E-state index in [1.54, 1.807) is 24.3 Å². The maximum Gasteiger partial charge on any atom is 0.490 e. The Morgan fingerprint density at radius 1 is 1.03 bits per heavy atom. The number of para-hydroxylation sites is 1. The first-order valence-corrected chi connectivity index (χ1v) is 12.4. The molecule has 204 valence electrons. The van der Waals surface area contributed by atoms with Crippen molar-refractivity contribution in [1.29, 1.82) is 0 Å². The van der Waals surface area contributed by atoms with Crippen LogP contribution in [0.2, 0.25) is 5.02 Å². The molecule has 1 aromatic heterocycles. The van der Waals surface area contributed by atoms with E-state index in [1.165, 1.54) is 0 Å². The average Bonchev–Trinajstić information content (AvgIpc) is 2.88. The van der Waals surface area contributed by atoms with Gasteiger partial charge in [0.15, 0.2) is 0 Å². The molecule has 0 atom stereocenters. The molecule has 1 aliphatic rings. The van der Waals surface area contributed by atoms with Gasteiger partial charge < -0.3 is 20.6 Å². The molecule has 0 unspecified atom stereocenters. The fraction of sp³-hybridized carbons (Fsp3) is 0.385. The van der Waals surface area contributed by atoms with E-state index in [2.05, 4.69) is 16.7 Å². The van der Waals surface area contributed by atoms with Crippen molar-refractivity contribution in [3.05, 3.63) is 59.1 Å². The Kier molecular flexibility index (Phi) is 9.73. The first-order chi connectivity index (χ1) is 17.9. The number of hydrogen-bond acceptors (Lipinski definition) is 6. The summed E-state index contributed by atoms with van der Waals surface area (Å²) < 4.78 is 31.7. The van der Waals surface area contributed by atoms with E-state index < -0.39 is 12.1 Å². The van der Waals surface area contributed by atoms with Gasteiger partial charge in [-0.3, -0.25) is 4.79 Å². The van der Waals surface area contributed by atoms with Gasteiger partial charge in [-0.2, -0.15) is 18.2 Å². The third-order valence-electron chi connectivity index (χ3n) is 6.09. The van der Waals surface area contributed by atoms with Crippen molar-refractivity contribution in [3.63, 3.8) is 0 Å². The molecule has 1 fully saturated rings. The first kappa shape index (κ1) is 29.0. The Bertz CT molecular complexity index is 1250. The van der Waals surface area contributed by atoms with E-state index in [1.807, 2.05) is 37.2 Å². The van der Waals surface area contributed by atoms with Crippen LogP contribution in [0, 0.1) is 5.92 Å². The molecule has 1 saturated carbocycles. The smallest absolute Gasteiger partial charge is 0.475 e. The standard InChI is InChI=1S/C24H28ClN5O.C2HF3O2/c1-30(2)22-20-5-3-4-6-21(20)28-24(29-22)27-19-13-7-16(8-14-19)15-26-23(31)17-9-11-18(25)12-10-17;3-2(4,5)1(6)7/h3-6,9-12,16,19H,7-8,13-15H2,1-2H3,(H,26,31)(H,27,28,29);(H,6,7). The Balaban J connectivity index is 0.000000505. The zero-order valence-corrected chi connectivity index (χ0v) is 21.7. The monoisotopic (exact) mass is 551 g/mol. The molecule has 1 heterocycles. The largest absolute Gasteiger partial charge is 0.490 e. The summed E-state index contributed by atoms with van der Waals surface area (Å²) in [5.74, 6) is -0.706. The van der Waals surface area contributed by atoms with Crippen LogP contribution in [0.15, 0.2) is 48.5 Å². The maximum atomic E-state index is 12.3. The molecular weight excluding hydrogens is 523 g/mol. The quantitative estimate of drug-likeness (QED) is 0.377. The van der Waals surface area contributed by atoms with Gasteiger partial charge in [0.25, 0.3) is 5.91 Å². The number of anilines is 2. The van der Waals surface area contributed by atoms with Crippen molar-refractivity contribution in [2.24, 2.45) is 5.92 Å². The minimum Gasteiger partial charge on any atom is -0.475 e. The lowest BCUT2D eigenvalue weighted by Gasteiger charge is -2.29. The van der Waals surface area contributed by atoms with Gasteiger partial charge in [-0.15, -0.1) is 0 Å². The fourth-order valence-corrected chi connectivity index (χ4v) is 4.23. The summed E-state index contributed by atoms with van der Waals surface area (Å²) in [4.78, 5) is 32.7. The second-order valence-electron chi connectivity index (χ2n) is 9.16. The summed E-state index contributed by atoms with van der Waals surface area (Å²) >= 11 is 5.89. The molecule has 38 heavy (non-hydrogen) atoms. The van der Waals surface area contributed by atoms with Gasteiger partial charge in [-0.05, 0) is 68.0 Å². The number of nitrogens with zero attached hydrogens (tertiary/aromatic N) is 3. The van der Waals surface area contributed by atoms with E-state index in [9.17, 15) is 18.0 Å². The highest BCUT2D eigenvalue weighted by atomic mass is 35.5. The van der Waals surface area contributed by atoms with Crippen LogP contribution in [0.1, 0.15) is 36.0 Å².